The number of ether oxygens (including phenoxy) is 1. The number of methoxy groups -OCH3 is 1. The topological polar surface area (TPSA) is 38.7 Å². The standard InChI is InChI=1S/C10H9F2NO2/c1-6(13-5-14)10-8(11)3-7(15-2)4-9(10)12/h3-4,6H,1-2H3. The third kappa shape index (κ3) is 2.39. The van der Waals surface area contributed by atoms with Crippen LogP contribution in [0.2, 0.25) is 0 Å². The molecule has 0 aromatic heterocycles. The molecule has 0 saturated heterocycles. The second-order valence-electron chi connectivity index (χ2n) is 2.90. The van der Waals surface area contributed by atoms with Crippen LogP contribution in [0.4, 0.5) is 8.78 Å². The lowest BCUT2D eigenvalue weighted by atomic mass is 10.1. The van der Waals surface area contributed by atoms with Gasteiger partial charge >= 0.3 is 0 Å². The minimum Gasteiger partial charge on any atom is -0.497 e. The molecule has 0 N–H and O–H groups in total. The van der Waals surface area contributed by atoms with Crippen LogP contribution >= 0.6 is 0 Å². The van der Waals surface area contributed by atoms with E-state index in [0.717, 1.165) is 12.1 Å². The average molecular weight is 213 g/mol. The molecule has 1 atom stereocenters. The lowest BCUT2D eigenvalue weighted by Crippen LogP contribution is -2.00. The second-order valence-corrected chi connectivity index (χ2v) is 2.90. The van der Waals surface area contributed by atoms with Crippen LogP contribution in [-0.4, -0.2) is 13.2 Å². The second kappa shape index (κ2) is 4.66. The number of aliphatic imine (C=N–C) groups is 1. The van der Waals surface area contributed by atoms with Gasteiger partial charge in [-0.2, -0.15) is 4.99 Å². The molecule has 0 saturated carbocycles. The monoisotopic (exact) mass is 213 g/mol. The molecule has 1 aromatic rings. The van der Waals surface area contributed by atoms with Gasteiger partial charge in [-0.1, -0.05) is 0 Å². The molecule has 0 aliphatic carbocycles. The van der Waals surface area contributed by atoms with Crippen LogP contribution in [0, 0.1) is 11.6 Å². The molecule has 1 aromatic carbocycles. The first-order valence-corrected chi connectivity index (χ1v) is 4.20. The highest BCUT2D eigenvalue weighted by Crippen LogP contribution is 2.27. The maximum atomic E-state index is 13.4. The maximum Gasteiger partial charge on any atom is 0.235 e. The van der Waals surface area contributed by atoms with Gasteiger partial charge in [0.05, 0.1) is 13.2 Å². The molecule has 1 unspecified atom stereocenters. The molecule has 0 aliphatic heterocycles. The molecule has 1 rings (SSSR count). The van der Waals surface area contributed by atoms with Gasteiger partial charge < -0.3 is 4.74 Å². The normalized spacial score (nSPS) is 11.7. The van der Waals surface area contributed by atoms with Crippen molar-refractivity contribution in [3.63, 3.8) is 0 Å². The fourth-order valence-electron chi connectivity index (χ4n) is 1.22. The average Bonchev–Trinajstić information content (AvgIpc) is 2.16. The maximum absolute atomic E-state index is 13.4. The van der Waals surface area contributed by atoms with E-state index in [1.165, 1.54) is 20.1 Å². The molecule has 0 spiro atoms. The molecule has 0 heterocycles. The van der Waals surface area contributed by atoms with Gasteiger partial charge in [0, 0.05) is 17.7 Å². The summed E-state index contributed by atoms with van der Waals surface area (Å²) in [4.78, 5) is 13.2. The van der Waals surface area contributed by atoms with E-state index in [4.69, 9.17) is 0 Å². The lowest BCUT2D eigenvalue weighted by molar-refractivity contribution is 0.404. The fraction of sp³-hybridized carbons (Fsp3) is 0.300. The summed E-state index contributed by atoms with van der Waals surface area (Å²) < 4.78 is 31.4. The predicted octanol–water partition coefficient (Wildman–Crippen LogP) is 2.37. The van der Waals surface area contributed by atoms with Crippen LogP contribution in [0.15, 0.2) is 17.1 Å². The Kier molecular flexibility index (Phi) is 3.52. The van der Waals surface area contributed by atoms with Crippen molar-refractivity contribution in [3.05, 3.63) is 29.3 Å². The fourth-order valence-corrected chi connectivity index (χ4v) is 1.22. The molecule has 80 valence electrons. The molecule has 5 heteroatoms. The number of carbonyl (C=O) groups excluding carboxylic acids is 1. The van der Waals surface area contributed by atoms with Gasteiger partial charge in [-0.15, -0.1) is 0 Å². The van der Waals surface area contributed by atoms with Crippen molar-refractivity contribution in [1.82, 2.24) is 0 Å². The molecular formula is C10H9F2NO2. The number of isocyanates is 1. The highest BCUT2D eigenvalue weighted by atomic mass is 19.1. The van der Waals surface area contributed by atoms with E-state index in [1.54, 1.807) is 0 Å². The van der Waals surface area contributed by atoms with Crippen LogP contribution in [0.3, 0.4) is 0 Å². The van der Waals surface area contributed by atoms with Crippen molar-refractivity contribution in [1.29, 1.82) is 0 Å². The number of hydrogen-bond donors (Lipinski definition) is 0. The zero-order valence-electron chi connectivity index (χ0n) is 8.25. The summed E-state index contributed by atoms with van der Waals surface area (Å²) >= 11 is 0. The summed E-state index contributed by atoms with van der Waals surface area (Å²) in [5.41, 5.74) is -0.265. The van der Waals surface area contributed by atoms with Gasteiger partial charge in [0.1, 0.15) is 17.4 Å². The van der Waals surface area contributed by atoms with Gasteiger partial charge in [-0.25, -0.2) is 13.6 Å². The summed E-state index contributed by atoms with van der Waals surface area (Å²) in [5.74, 6) is -1.51. The lowest BCUT2D eigenvalue weighted by Gasteiger charge is -2.09. The zero-order valence-corrected chi connectivity index (χ0v) is 8.25. The molecular weight excluding hydrogens is 204 g/mol. The molecule has 0 aliphatic rings. The molecule has 0 amide bonds. The predicted molar refractivity (Wildman–Crippen MR) is 49.4 cm³/mol. The van der Waals surface area contributed by atoms with E-state index >= 15 is 0 Å². The Balaban J connectivity index is 3.24. The van der Waals surface area contributed by atoms with Crippen LogP contribution in [-0.2, 0) is 4.79 Å². The van der Waals surface area contributed by atoms with E-state index in [1.807, 2.05) is 0 Å². The van der Waals surface area contributed by atoms with E-state index in [-0.39, 0.29) is 11.3 Å². The van der Waals surface area contributed by atoms with E-state index in [0.29, 0.717) is 0 Å². The Labute approximate surface area is 85.4 Å². The quantitative estimate of drug-likeness (QED) is 0.571. The number of hydrogen-bond acceptors (Lipinski definition) is 3. The van der Waals surface area contributed by atoms with E-state index in [9.17, 15) is 13.6 Å². The van der Waals surface area contributed by atoms with Crippen molar-refractivity contribution in [3.8, 4) is 5.75 Å². The Morgan fingerprint density at radius 2 is 1.93 bits per heavy atom. The van der Waals surface area contributed by atoms with Crippen LogP contribution in [0.25, 0.3) is 0 Å². The van der Waals surface area contributed by atoms with E-state index in [2.05, 4.69) is 9.73 Å². The first-order chi connectivity index (χ1) is 7.10. The molecule has 0 radical (unpaired) electrons. The van der Waals surface area contributed by atoms with Gasteiger partial charge in [0.2, 0.25) is 6.08 Å². The number of nitrogens with zero attached hydrogens (tertiary/aromatic N) is 1. The number of halogens is 2. The van der Waals surface area contributed by atoms with Crippen molar-refractivity contribution < 1.29 is 18.3 Å². The van der Waals surface area contributed by atoms with Crippen LogP contribution < -0.4 is 4.74 Å². The summed E-state index contributed by atoms with van der Waals surface area (Å²) in [7, 11) is 1.31. The first kappa shape index (κ1) is 11.3. The minimum absolute atomic E-state index is 0.0797. The molecule has 0 fully saturated rings. The van der Waals surface area contributed by atoms with Crippen molar-refractivity contribution in [2.24, 2.45) is 4.99 Å². The highest BCUT2D eigenvalue weighted by molar-refractivity contribution is 5.37. The van der Waals surface area contributed by atoms with Gasteiger partial charge in [0.15, 0.2) is 0 Å². The summed E-state index contributed by atoms with van der Waals surface area (Å²) in [5, 5.41) is 0. The van der Waals surface area contributed by atoms with Crippen molar-refractivity contribution >= 4 is 6.08 Å². The van der Waals surface area contributed by atoms with Crippen molar-refractivity contribution in [2.45, 2.75) is 13.0 Å². The Morgan fingerprint density at radius 1 is 1.40 bits per heavy atom. The van der Waals surface area contributed by atoms with Crippen LogP contribution in [0.5, 0.6) is 5.75 Å². The Bertz CT molecular complexity index is 391. The summed E-state index contributed by atoms with van der Waals surface area (Å²) in [6, 6.07) is 1.18. The summed E-state index contributed by atoms with van der Waals surface area (Å²) in [6.45, 7) is 1.40. The van der Waals surface area contributed by atoms with Gasteiger partial charge in [0.25, 0.3) is 0 Å². The Morgan fingerprint density at radius 3 is 2.33 bits per heavy atom. The molecule has 15 heavy (non-hydrogen) atoms. The molecule has 0 bridgehead atoms. The van der Waals surface area contributed by atoms with Gasteiger partial charge in [-0.3, -0.25) is 0 Å². The van der Waals surface area contributed by atoms with Crippen molar-refractivity contribution in [2.75, 3.05) is 7.11 Å². The minimum atomic E-state index is -0.895. The SMILES string of the molecule is COc1cc(F)c(C(C)N=C=O)c(F)c1. The number of rotatable bonds is 3. The molecule has 3 nitrogen and oxygen atoms in total. The van der Waals surface area contributed by atoms with E-state index < -0.39 is 17.7 Å². The largest absolute Gasteiger partial charge is 0.497 e. The Hall–Kier alpha value is -1.74. The van der Waals surface area contributed by atoms with Gasteiger partial charge in [-0.05, 0) is 6.92 Å². The number of benzene rings is 1. The summed E-state index contributed by atoms with van der Waals surface area (Å²) in [6.07, 6.45) is 1.26. The third-order valence-electron chi connectivity index (χ3n) is 1.95. The smallest absolute Gasteiger partial charge is 0.235 e. The highest BCUT2D eigenvalue weighted by Gasteiger charge is 2.17. The third-order valence-corrected chi connectivity index (χ3v) is 1.95. The van der Waals surface area contributed by atoms with Crippen LogP contribution in [0.1, 0.15) is 18.5 Å². The first-order valence-electron chi connectivity index (χ1n) is 4.20. The zero-order chi connectivity index (χ0) is 11.4.